The maximum Gasteiger partial charge on any atom is 0.316 e. The highest BCUT2D eigenvalue weighted by molar-refractivity contribution is 5.93. The first kappa shape index (κ1) is 9.77. The molecule has 0 aliphatic heterocycles. The van der Waals surface area contributed by atoms with Gasteiger partial charge < -0.3 is 9.84 Å². The lowest BCUT2D eigenvalue weighted by Gasteiger charge is -2.23. The third-order valence-electron chi connectivity index (χ3n) is 2.17. The van der Waals surface area contributed by atoms with Gasteiger partial charge >= 0.3 is 5.97 Å². The van der Waals surface area contributed by atoms with E-state index in [0.717, 1.165) is 6.08 Å². The second-order valence-corrected chi connectivity index (χ2v) is 3.22. The van der Waals surface area contributed by atoms with Crippen LogP contribution in [-0.2, 0) is 14.3 Å². The molecule has 4 nitrogen and oxygen atoms in total. The van der Waals surface area contributed by atoms with Gasteiger partial charge in [0.2, 0.25) is 0 Å². The standard InChI is InChI=1S/C9H12O4/c1-5-3-6(10)4-7(11)8(5)9(12)13-2/h4-5,8,11H,3H2,1-2H3/t5-,8-/m0/s1. The molecular weight excluding hydrogens is 172 g/mol. The molecule has 0 aromatic carbocycles. The van der Waals surface area contributed by atoms with Gasteiger partial charge in [0.05, 0.1) is 7.11 Å². The second-order valence-electron chi connectivity index (χ2n) is 3.22. The zero-order valence-corrected chi connectivity index (χ0v) is 7.61. The normalized spacial score (nSPS) is 28.2. The maximum atomic E-state index is 11.2. The zero-order valence-electron chi connectivity index (χ0n) is 7.61. The average molecular weight is 184 g/mol. The Bertz CT molecular complexity index is 267. The van der Waals surface area contributed by atoms with Crippen LogP contribution in [0.1, 0.15) is 13.3 Å². The Balaban J connectivity index is 2.90. The third kappa shape index (κ3) is 1.88. The van der Waals surface area contributed by atoms with Gasteiger partial charge in [-0.25, -0.2) is 0 Å². The maximum absolute atomic E-state index is 11.2. The highest BCUT2D eigenvalue weighted by Gasteiger charge is 2.34. The first-order chi connectivity index (χ1) is 6.06. The van der Waals surface area contributed by atoms with E-state index < -0.39 is 11.9 Å². The molecule has 0 saturated heterocycles. The van der Waals surface area contributed by atoms with Crippen LogP contribution in [0.5, 0.6) is 0 Å². The molecule has 13 heavy (non-hydrogen) atoms. The summed E-state index contributed by atoms with van der Waals surface area (Å²) in [5.74, 6) is -1.69. The summed E-state index contributed by atoms with van der Waals surface area (Å²) >= 11 is 0. The first-order valence-corrected chi connectivity index (χ1v) is 4.07. The highest BCUT2D eigenvalue weighted by Crippen LogP contribution is 2.27. The number of hydrogen-bond acceptors (Lipinski definition) is 4. The summed E-state index contributed by atoms with van der Waals surface area (Å²) < 4.78 is 4.51. The number of esters is 1. The predicted molar refractivity (Wildman–Crippen MR) is 45.0 cm³/mol. The van der Waals surface area contributed by atoms with Crippen LogP contribution in [0.15, 0.2) is 11.8 Å². The number of carbonyl (C=O) groups is 2. The Hall–Kier alpha value is -1.32. The van der Waals surface area contributed by atoms with Crippen molar-refractivity contribution < 1.29 is 19.4 Å². The van der Waals surface area contributed by atoms with E-state index in [1.165, 1.54) is 7.11 Å². The van der Waals surface area contributed by atoms with Gasteiger partial charge in [-0.15, -0.1) is 0 Å². The largest absolute Gasteiger partial charge is 0.511 e. The number of rotatable bonds is 1. The number of ketones is 1. The minimum Gasteiger partial charge on any atom is -0.511 e. The lowest BCUT2D eigenvalue weighted by atomic mass is 9.83. The molecule has 0 spiro atoms. The molecule has 0 aromatic rings. The van der Waals surface area contributed by atoms with Crippen molar-refractivity contribution in [2.75, 3.05) is 7.11 Å². The quantitative estimate of drug-likeness (QED) is 0.613. The van der Waals surface area contributed by atoms with Gasteiger partial charge in [-0.05, 0) is 5.92 Å². The van der Waals surface area contributed by atoms with Crippen LogP contribution in [0.4, 0.5) is 0 Å². The van der Waals surface area contributed by atoms with Crippen LogP contribution >= 0.6 is 0 Å². The molecule has 0 heterocycles. The molecule has 1 N–H and O–H groups in total. The molecule has 1 aliphatic rings. The van der Waals surface area contributed by atoms with Gasteiger partial charge in [0, 0.05) is 12.5 Å². The van der Waals surface area contributed by atoms with Crippen LogP contribution in [0.2, 0.25) is 0 Å². The molecule has 0 radical (unpaired) electrons. The number of aliphatic hydroxyl groups excluding tert-OH is 1. The molecule has 1 aliphatic carbocycles. The van der Waals surface area contributed by atoms with E-state index in [1.807, 2.05) is 0 Å². The van der Waals surface area contributed by atoms with E-state index in [-0.39, 0.29) is 23.9 Å². The van der Waals surface area contributed by atoms with Crippen LogP contribution in [-0.4, -0.2) is 24.0 Å². The smallest absolute Gasteiger partial charge is 0.316 e. The number of methoxy groups -OCH3 is 1. The molecule has 72 valence electrons. The fourth-order valence-electron chi connectivity index (χ4n) is 1.52. The van der Waals surface area contributed by atoms with E-state index in [9.17, 15) is 14.7 Å². The van der Waals surface area contributed by atoms with E-state index in [1.54, 1.807) is 6.92 Å². The molecule has 0 bridgehead atoms. The van der Waals surface area contributed by atoms with Crippen LogP contribution in [0, 0.1) is 11.8 Å². The van der Waals surface area contributed by atoms with Crippen molar-refractivity contribution in [3.8, 4) is 0 Å². The van der Waals surface area contributed by atoms with Gasteiger partial charge in [-0.3, -0.25) is 9.59 Å². The number of ether oxygens (including phenoxy) is 1. The van der Waals surface area contributed by atoms with E-state index >= 15 is 0 Å². The van der Waals surface area contributed by atoms with Gasteiger partial charge in [0.25, 0.3) is 0 Å². The van der Waals surface area contributed by atoms with E-state index in [0.29, 0.717) is 0 Å². The number of aliphatic hydroxyl groups is 1. The molecule has 0 aromatic heterocycles. The molecule has 0 amide bonds. The topological polar surface area (TPSA) is 63.6 Å². The fourth-order valence-corrected chi connectivity index (χ4v) is 1.52. The van der Waals surface area contributed by atoms with Crippen molar-refractivity contribution in [3.63, 3.8) is 0 Å². The zero-order chi connectivity index (χ0) is 10.0. The van der Waals surface area contributed by atoms with Crippen molar-refractivity contribution >= 4 is 11.8 Å². The van der Waals surface area contributed by atoms with Crippen LogP contribution in [0.25, 0.3) is 0 Å². The Morgan fingerprint density at radius 3 is 2.77 bits per heavy atom. The van der Waals surface area contributed by atoms with Gasteiger partial charge in [-0.1, -0.05) is 6.92 Å². The fraction of sp³-hybridized carbons (Fsp3) is 0.556. The lowest BCUT2D eigenvalue weighted by molar-refractivity contribution is -0.147. The number of allylic oxidation sites excluding steroid dienone is 1. The molecule has 0 fully saturated rings. The summed E-state index contributed by atoms with van der Waals surface area (Å²) in [6, 6.07) is 0. The SMILES string of the molecule is COC(=O)[C@@H]1C(O)=CC(=O)C[C@@H]1C. The minimum atomic E-state index is -0.678. The number of hydrogen-bond donors (Lipinski definition) is 1. The molecule has 4 heteroatoms. The lowest BCUT2D eigenvalue weighted by Crippen LogP contribution is -2.30. The Morgan fingerprint density at radius 1 is 1.69 bits per heavy atom. The highest BCUT2D eigenvalue weighted by atomic mass is 16.5. The van der Waals surface area contributed by atoms with Crippen molar-refractivity contribution in [1.82, 2.24) is 0 Å². The second kappa shape index (κ2) is 3.60. The minimum absolute atomic E-state index is 0.148. The average Bonchev–Trinajstić information content (AvgIpc) is 2.02. The van der Waals surface area contributed by atoms with Gasteiger partial charge in [0.1, 0.15) is 11.7 Å². The number of carbonyl (C=O) groups excluding carboxylic acids is 2. The summed E-state index contributed by atoms with van der Waals surface area (Å²) in [5, 5.41) is 9.35. The van der Waals surface area contributed by atoms with Gasteiger partial charge in [-0.2, -0.15) is 0 Å². The Labute approximate surface area is 76.2 Å². The molecule has 0 saturated carbocycles. The molecule has 1 rings (SSSR count). The van der Waals surface area contributed by atoms with Crippen molar-refractivity contribution in [1.29, 1.82) is 0 Å². The molecule has 0 unspecified atom stereocenters. The summed E-state index contributed by atoms with van der Waals surface area (Å²) in [4.78, 5) is 22.1. The van der Waals surface area contributed by atoms with Crippen LogP contribution in [0.3, 0.4) is 0 Å². The molecule has 2 atom stereocenters. The monoisotopic (exact) mass is 184 g/mol. The summed E-state index contributed by atoms with van der Waals surface area (Å²) in [5.41, 5.74) is 0. The van der Waals surface area contributed by atoms with Gasteiger partial charge in [0.15, 0.2) is 5.78 Å². The Morgan fingerprint density at radius 2 is 2.31 bits per heavy atom. The van der Waals surface area contributed by atoms with Crippen molar-refractivity contribution in [2.45, 2.75) is 13.3 Å². The summed E-state index contributed by atoms with van der Waals surface area (Å²) in [6.45, 7) is 1.74. The van der Waals surface area contributed by atoms with E-state index in [2.05, 4.69) is 4.74 Å². The van der Waals surface area contributed by atoms with Crippen LogP contribution < -0.4 is 0 Å². The summed E-state index contributed by atoms with van der Waals surface area (Å²) in [7, 11) is 1.26. The Kier molecular flexibility index (Phi) is 2.70. The first-order valence-electron chi connectivity index (χ1n) is 4.07. The summed E-state index contributed by atoms with van der Waals surface area (Å²) in [6.07, 6.45) is 1.38. The van der Waals surface area contributed by atoms with E-state index in [4.69, 9.17) is 0 Å². The third-order valence-corrected chi connectivity index (χ3v) is 2.17. The van der Waals surface area contributed by atoms with Crippen molar-refractivity contribution in [2.24, 2.45) is 11.8 Å². The predicted octanol–water partition coefficient (Wildman–Crippen LogP) is 0.826. The van der Waals surface area contributed by atoms with Crippen molar-refractivity contribution in [3.05, 3.63) is 11.8 Å². The molecular formula is C9H12O4.